The van der Waals surface area contributed by atoms with Crippen LogP contribution < -0.4 is 0 Å². The van der Waals surface area contributed by atoms with E-state index in [2.05, 4.69) is 4.98 Å². The maximum Gasteiger partial charge on any atom is 0.215 e. The number of aromatic nitrogens is 1. The van der Waals surface area contributed by atoms with Crippen molar-refractivity contribution in [3.63, 3.8) is 0 Å². The maximum absolute atomic E-state index is 9.48. The van der Waals surface area contributed by atoms with E-state index in [4.69, 9.17) is 28.3 Å². The van der Waals surface area contributed by atoms with Gasteiger partial charge in [0.15, 0.2) is 0 Å². The van der Waals surface area contributed by atoms with E-state index in [9.17, 15) is 5.11 Å². The third-order valence-electron chi connectivity index (χ3n) is 1.80. The molecule has 0 saturated heterocycles. The first-order valence-corrected chi connectivity index (χ1v) is 4.51. The lowest BCUT2D eigenvalue weighted by molar-refractivity contribution is 0.440. The van der Waals surface area contributed by atoms with Crippen molar-refractivity contribution in [2.24, 2.45) is 0 Å². The Labute approximate surface area is 89.5 Å². The van der Waals surface area contributed by atoms with Crippen LogP contribution in [0.5, 0.6) is 11.6 Å². The van der Waals surface area contributed by atoms with E-state index in [1.165, 1.54) is 12.1 Å². The molecule has 0 amide bonds. The molecular formula is C9H5Cl2NO2. The van der Waals surface area contributed by atoms with Crippen LogP contribution in [0.1, 0.15) is 0 Å². The standard InChI is InChI=1S/C9H5Cl2NO2/c10-4-1-5-7(13)3-8(14)12-9(5)6(11)2-4/h1-3H,(H2,12,13,14). The summed E-state index contributed by atoms with van der Waals surface area (Å²) in [5, 5.41) is 19.7. The molecule has 0 radical (unpaired) electrons. The van der Waals surface area contributed by atoms with Gasteiger partial charge in [-0.2, -0.15) is 0 Å². The molecule has 2 rings (SSSR count). The Morgan fingerprint density at radius 3 is 2.50 bits per heavy atom. The lowest BCUT2D eigenvalue weighted by atomic mass is 10.2. The number of hydrogen-bond acceptors (Lipinski definition) is 3. The monoisotopic (exact) mass is 229 g/mol. The summed E-state index contributed by atoms with van der Waals surface area (Å²) in [5.41, 5.74) is 0.327. The van der Waals surface area contributed by atoms with E-state index >= 15 is 0 Å². The smallest absolute Gasteiger partial charge is 0.215 e. The largest absolute Gasteiger partial charge is 0.507 e. The Hall–Kier alpha value is -1.19. The number of rotatable bonds is 0. The maximum atomic E-state index is 9.48. The number of aromatic hydroxyl groups is 2. The van der Waals surface area contributed by atoms with Crippen LogP contribution >= 0.6 is 23.2 Å². The molecule has 0 unspecified atom stereocenters. The van der Waals surface area contributed by atoms with Gasteiger partial charge in [0.2, 0.25) is 5.88 Å². The minimum Gasteiger partial charge on any atom is -0.507 e. The lowest BCUT2D eigenvalue weighted by Crippen LogP contribution is -1.82. The molecule has 5 heteroatoms. The van der Waals surface area contributed by atoms with Crippen LogP contribution in [-0.4, -0.2) is 15.2 Å². The summed E-state index contributed by atoms with van der Waals surface area (Å²) >= 11 is 11.6. The van der Waals surface area contributed by atoms with Crippen molar-refractivity contribution in [2.45, 2.75) is 0 Å². The van der Waals surface area contributed by atoms with E-state index in [0.29, 0.717) is 20.9 Å². The SMILES string of the molecule is Oc1cc(O)c2cc(Cl)cc(Cl)c2n1. The molecule has 14 heavy (non-hydrogen) atoms. The van der Waals surface area contributed by atoms with Crippen molar-refractivity contribution in [1.82, 2.24) is 4.98 Å². The molecular weight excluding hydrogens is 225 g/mol. The van der Waals surface area contributed by atoms with Gasteiger partial charge in [0, 0.05) is 16.5 Å². The third-order valence-corrected chi connectivity index (χ3v) is 2.30. The van der Waals surface area contributed by atoms with Crippen molar-refractivity contribution >= 4 is 34.1 Å². The van der Waals surface area contributed by atoms with E-state index in [0.717, 1.165) is 6.07 Å². The molecule has 0 spiro atoms. The molecule has 0 aliphatic carbocycles. The minimum atomic E-state index is -0.278. The van der Waals surface area contributed by atoms with Gasteiger partial charge in [0.25, 0.3) is 0 Å². The molecule has 1 aromatic heterocycles. The van der Waals surface area contributed by atoms with E-state index in [1.54, 1.807) is 0 Å². The van der Waals surface area contributed by atoms with Crippen molar-refractivity contribution in [3.8, 4) is 11.6 Å². The third kappa shape index (κ3) is 1.45. The molecule has 1 aromatic carbocycles. The highest BCUT2D eigenvalue weighted by Crippen LogP contribution is 2.33. The van der Waals surface area contributed by atoms with Crippen molar-refractivity contribution in [3.05, 3.63) is 28.2 Å². The summed E-state index contributed by atoms with van der Waals surface area (Å²) in [4.78, 5) is 3.78. The second kappa shape index (κ2) is 3.19. The quantitative estimate of drug-likeness (QED) is 0.731. The molecule has 0 atom stereocenters. The fourth-order valence-electron chi connectivity index (χ4n) is 1.22. The number of fused-ring (bicyclic) bond motifs is 1. The minimum absolute atomic E-state index is 0.100. The van der Waals surface area contributed by atoms with E-state index < -0.39 is 0 Å². The van der Waals surface area contributed by atoms with Crippen LogP contribution in [0.15, 0.2) is 18.2 Å². The van der Waals surface area contributed by atoms with Crippen LogP contribution in [0, 0.1) is 0 Å². The summed E-state index contributed by atoms with van der Waals surface area (Å²) in [6, 6.07) is 4.16. The molecule has 0 saturated carbocycles. The normalized spacial score (nSPS) is 10.7. The number of hydrogen-bond donors (Lipinski definition) is 2. The summed E-state index contributed by atoms with van der Waals surface area (Å²) in [6.45, 7) is 0. The van der Waals surface area contributed by atoms with Gasteiger partial charge in [-0.05, 0) is 12.1 Å². The van der Waals surface area contributed by atoms with Crippen LogP contribution in [0.2, 0.25) is 10.0 Å². The molecule has 0 aliphatic heterocycles. The Kier molecular flexibility index (Phi) is 2.13. The Morgan fingerprint density at radius 1 is 1.07 bits per heavy atom. The van der Waals surface area contributed by atoms with Gasteiger partial charge in [0.1, 0.15) is 5.75 Å². The predicted molar refractivity (Wildman–Crippen MR) is 55.1 cm³/mol. The predicted octanol–water partition coefficient (Wildman–Crippen LogP) is 2.95. The zero-order chi connectivity index (χ0) is 10.3. The molecule has 72 valence electrons. The van der Waals surface area contributed by atoms with Crippen LogP contribution in [0.3, 0.4) is 0 Å². The molecule has 2 N–H and O–H groups in total. The topological polar surface area (TPSA) is 53.4 Å². The zero-order valence-electron chi connectivity index (χ0n) is 6.83. The van der Waals surface area contributed by atoms with Crippen molar-refractivity contribution in [2.75, 3.05) is 0 Å². The van der Waals surface area contributed by atoms with Crippen LogP contribution in [0.25, 0.3) is 10.9 Å². The fraction of sp³-hybridized carbons (Fsp3) is 0. The summed E-state index contributed by atoms with van der Waals surface area (Å²) < 4.78 is 0. The van der Waals surface area contributed by atoms with Gasteiger partial charge < -0.3 is 10.2 Å². The molecule has 1 heterocycles. The first-order valence-electron chi connectivity index (χ1n) is 3.75. The Morgan fingerprint density at radius 2 is 1.79 bits per heavy atom. The van der Waals surface area contributed by atoms with Gasteiger partial charge in [-0.25, -0.2) is 4.98 Å². The van der Waals surface area contributed by atoms with Gasteiger partial charge >= 0.3 is 0 Å². The van der Waals surface area contributed by atoms with Gasteiger partial charge in [-0.3, -0.25) is 0 Å². The summed E-state index contributed by atoms with van der Waals surface area (Å²) in [5.74, 6) is -0.379. The van der Waals surface area contributed by atoms with Crippen LogP contribution in [-0.2, 0) is 0 Å². The van der Waals surface area contributed by atoms with Crippen molar-refractivity contribution < 1.29 is 10.2 Å². The second-order valence-electron chi connectivity index (χ2n) is 2.78. The number of nitrogens with zero attached hydrogens (tertiary/aromatic N) is 1. The fourth-order valence-corrected chi connectivity index (χ4v) is 1.76. The first kappa shape index (κ1) is 9.37. The highest BCUT2D eigenvalue weighted by atomic mass is 35.5. The summed E-state index contributed by atoms with van der Waals surface area (Å²) in [6.07, 6.45) is 0. The number of benzene rings is 1. The van der Waals surface area contributed by atoms with Gasteiger partial charge in [-0.15, -0.1) is 0 Å². The van der Waals surface area contributed by atoms with Gasteiger partial charge in [0.05, 0.1) is 10.5 Å². The zero-order valence-corrected chi connectivity index (χ0v) is 8.34. The lowest BCUT2D eigenvalue weighted by Gasteiger charge is -2.03. The number of halogens is 2. The molecule has 0 fully saturated rings. The molecule has 0 aliphatic rings. The Balaban J connectivity index is 2.94. The summed E-state index contributed by atoms with van der Waals surface area (Å²) in [7, 11) is 0. The average molecular weight is 230 g/mol. The van der Waals surface area contributed by atoms with Crippen LogP contribution in [0.4, 0.5) is 0 Å². The molecule has 2 aromatic rings. The number of pyridine rings is 1. The van der Waals surface area contributed by atoms with Crippen molar-refractivity contribution in [1.29, 1.82) is 0 Å². The Bertz CT molecular complexity index is 466. The molecule has 3 nitrogen and oxygen atoms in total. The van der Waals surface area contributed by atoms with E-state index in [-0.39, 0.29) is 11.6 Å². The van der Waals surface area contributed by atoms with Gasteiger partial charge in [-0.1, -0.05) is 23.2 Å². The highest BCUT2D eigenvalue weighted by Gasteiger charge is 2.08. The highest BCUT2D eigenvalue weighted by molar-refractivity contribution is 6.38. The first-order chi connectivity index (χ1) is 6.58. The van der Waals surface area contributed by atoms with E-state index in [1.807, 2.05) is 0 Å². The average Bonchev–Trinajstić information content (AvgIpc) is 2.07. The second-order valence-corrected chi connectivity index (χ2v) is 3.63. The molecule has 0 bridgehead atoms.